The highest BCUT2D eigenvalue weighted by molar-refractivity contribution is 6.07. The minimum Gasteiger partial charge on any atom is -0.481 e. The minimum absolute atomic E-state index is 0.0762. The average Bonchev–Trinajstić information content (AvgIpc) is 3.28. The van der Waals surface area contributed by atoms with Crippen LogP contribution < -0.4 is 10.2 Å². The predicted molar refractivity (Wildman–Crippen MR) is 101 cm³/mol. The maximum atomic E-state index is 12.7. The van der Waals surface area contributed by atoms with E-state index in [9.17, 15) is 19.5 Å². The van der Waals surface area contributed by atoms with E-state index in [4.69, 9.17) is 0 Å². The van der Waals surface area contributed by atoms with E-state index in [1.54, 1.807) is 4.90 Å². The van der Waals surface area contributed by atoms with Gasteiger partial charge in [0, 0.05) is 24.4 Å². The van der Waals surface area contributed by atoms with Gasteiger partial charge in [0.25, 0.3) is 0 Å². The van der Waals surface area contributed by atoms with Gasteiger partial charge in [0.2, 0.25) is 11.8 Å². The molecule has 2 N–H and O–H groups in total. The van der Waals surface area contributed by atoms with Gasteiger partial charge in [0.05, 0.1) is 17.5 Å². The van der Waals surface area contributed by atoms with Crippen LogP contribution in [0.5, 0.6) is 0 Å². The molecule has 2 aromatic carbocycles. The number of carbonyl (C=O) groups excluding carboxylic acids is 2. The lowest BCUT2D eigenvalue weighted by Crippen LogP contribution is -2.43. The highest BCUT2D eigenvalue weighted by Crippen LogP contribution is 2.32. The third kappa shape index (κ3) is 3.27. The van der Waals surface area contributed by atoms with E-state index in [2.05, 4.69) is 5.32 Å². The van der Waals surface area contributed by atoms with Gasteiger partial charge in [-0.05, 0) is 24.3 Å². The first kappa shape index (κ1) is 17.5. The molecule has 1 aliphatic heterocycles. The number of carboxylic acid groups (broad SMARTS) is 1. The van der Waals surface area contributed by atoms with E-state index in [1.807, 2.05) is 42.5 Å². The molecule has 2 amide bonds. The molecule has 6 heteroatoms. The molecular formula is C21H22N2O4. The summed E-state index contributed by atoms with van der Waals surface area (Å²) in [6, 6.07) is 13.3. The first-order chi connectivity index (χ1) is 13.0. The lowest BCUT2D eigenvalue weighted by Gasteiger charge is -2.21. The normalized spacial score (nSPS) is 25.1. The van der Waals surface area contributed by atoms with Gasteiger partial charge < -0.3 is 15.3 Å². The second kappa shape index (κ2) is 7.02. The molecule has 0 bridgehead atoms. The van der Waals surface area contributed by atoms with Gasteiger partial charge in [-0.15, -0.1) is 0 Å². The van der Waals surface area contributed by atoms with Crippen molar-refractivity contribution in [3.05, 3.63) is 42.5 Å². The van der Waals surface area contributed by atoms with Crippen LogP contribution in [0, 0.1) is 11.8 Å². The lowest BCUT2D eigenvalue weighted by atomic mass is 10.0. The van der Waals surface area contributed by atoms with Crippen LogP contribution in [0.3, 0.4) is 0 Å². The van der Waals surface area contributed by atoms with Gasteiger partial charge in [-0.2, -0.15) is 0 Å². The number of carboxylic acids is 1. The van der Waals surface area contributed by atoms with E-state index in [-0.39, 0.29) is 24.3 Å². The van der Waals surface area contributed by atoms with Gasteiger partial charge in [0.15, 0.2) is 0 Å². The van der Waals surface area contributed by atoms with Crippen molar-refractivity contribution in [3.63, 3.8) is 0 Å². The highest BCUT2D eigenvalue weighted by Gasteiger charge is 2.39. The number of hydrogen-bond acceptors (Lipinski definition) is 3. The smallest absolute Gasteiger partial charge is 0.308 e. The second-order valence-electron chi connectivity index (χ2n) is 7.39. The SMILES string of the molecule is O=C(N[C@H]1CCC[C@H]1C(=O)O)C1CC(=O)N(c2cccc3ccccc23)C1. The van der Waals surface area contributed by atoms with Gasteiger partial charge >= 0.3 is 5.97 Å². The number of nitrogens with zero attached hydrogens (tertiary/aromatic N) is 1. The fraction of sp³-hybridized carbons (Fsp3) is 0.381. The summed E-state index contributed by atoms with van der Waals surface area (Å²) in [5, 5.41) is 14.2. The molecule has 1 saturated carbocycles. The van der Waals surface area contributed by atoms with E-state index in [1.165, 1.54) is 0 Å². The molecule has 0 spiro atoms. The van der Waals surface area contributed by atoms with Crippen LogP contribution in [0.1, 0.15) is 25.7 Å². The third-order valence-electron chi connectivity index (χ3n) is 5.71. The third-order valence-corrected chi connectivity index (χ3v) is 5.71. The number of fused-ring (bicyclic) bond motifs is 1. The molecule has 4 rings (SSSR count). The zero-order valence-electron chi connectivity index (χ0n) is 14.9. The Bertz CT molecular complexity index is 905. The Morgan fingerprint density at radius 2 is 1.85 bits per heavy atom. The first-order valence-electron chi connectivity index (χ1n) is 9.36. The molecule has 1 heterocycles. The van der Waals surface area contributed by atoms with E-state index >= 15 is 0 Å². The zero-order chi connectivity index (χ0) is 19.0. The Balaban J connectivity index is 1.50. The van der Waals surface area contributed by atoms with Crippen LogP contribution in [0.25, 0.3) is 10.8 Å². The largest absolute Gasteiger partial charge is 0.481 e. The van der Waals surface area contributed by atoms with Gasteiger partial charge in [-0.3, -0.25) is 14.4 Å². The second-order valence-corrected chi connectivity index (χ2v) is 7.39. The number of anilines is 1. The summed E-state index contributed by atoms with van der Waals surface area (Å²) >= 11 is 0. The molecule has 2 aromatic rings. The Morgan fingerprint density at radius 1 is 1.07 bits per heavy atom. The highest BCUT2D eigenvalue weighted by atomic mass is 16.4. The van der Waals surface area contributed by atoms with E-state index < -0.39 is 17.8 Å². The van der Waals surface area contributed by atoms with Crippen LogP contribution >= 0.6 is 0 Å². The number of nitrogens with one attached hydrogen (secondary N) is 1. The minimum atomic E-state index is -0.863. The van der Waals surface area contributed by atoms with Crippen molar-refractivity contribution in [2.45, 2.75) is 31.7 Å². The molecule has 140 valence electrons. The summed E-state index contributed by atoms with van der Waals surface area (Å²) in [6.45, 7) is 0.323. The summed E-state index contributed by atoms with van der Waals surface area (Å²) in [7, 11) is 0. The molecule has 0 aromatic heterocycles. The summed E-state index contributed by atoms with van der Waals surface area (Å²) < 4.78 is 0. The van der Waals surface area contributed by atoms with Crippen molar-refractivity contribution in [1.29, 1.82) is 0 Å². The molecular weight excluding hydrogens is 344 g/mol. The molecule has 0 radical (unpaired) electrons. The van der Waals surface area contributed by atoms with Crippen molar-refractivity contribution in [3.8, 4) is 0 Å². The molecule has 6 nitrogen and oxygen atoms in total. The molecule has 2 fully saturated rings. The number of amides is 2. The molecule has 1 saturated heterocycles. The topological polar surface area (TPSA) is 86.7 Å². The maximum Gasteiger partial charge on any atom is 0.308 e. The van der Waals surface area contributed by atoms with E-state index in [0.29, 0.717) is 19.4 Å². The number of benzene rings is 2. The first-order valence-corrected chi connectivity index (χ1v) is 9.36. The van der Waals surface area contributed by atoms with E-state index in [0.717, 1.165) is 22.9 Å². The van der Waals surface area contributed by atoms with Crippen molar-refractivity contribution in [2.75, 3.05) is 11.4 Å². The van der Waals surface area contributed by atoms with Crippen LogP contribution in [-0.4, -0.2) is 35.5 Å². The van der Waals surface area contributed by atoms with Crippen molar-refractivity contribution >= 4 is 34.2 Å². The molecule has 2 aliphatic rings. The average molecular weight is 366 g/mol. The van der Waals surface area contributed by atoms with Crippen LogP contribution in [0.2, 0.25) is 0 Å². The molecule has 1 unspecified atom stereocenters. The monoisotopic (exact) mass is 366 g/mol. The van der Waals surface area contributed by atoms with Crippen molar-refractivity contribution < 1.29 is 19.5 Å². The maximum absolute atomic E-state index is 12.7. The summed E-state index contributed by atoms with van der Waals surface area (Å²) in [4.78, 5) is 38.3. The van der Waals surface area contributed by atoms with Gasteiger partial charge in [-0.25, -0.2) is 0 Å². The predicted octanol–water partition coefficient (Wildman–Crippen LogP) is 2.56. The van der Waals surface area contributed by atoms with Gasteiger partial charge in [0.1, 0.15) is 0 Å². The summed E-state index contributed by atoms with van der Waals surface area (Å²) in [6.07, 6.45) is 2.22. The Labute approximate surface area is 157 Å². The molecule has 27 heavy (non-hydrogen) atoms. The number of carbonyl (C=O) groups is 3. The lowest BCUT2D eigenvalue weighted by molar-refractivity contribution is -0.142. The summed E-state index contributed by atoms with van der Waals surface area (Å²) in [5.74, 6) is -2.14. The molecule has 1 aliphatic carbocycles. The Hall–Kier alpha value is -2.89. The fourth-order valence-corrected chi connectivity index (χ4v) is 4.29. The Kier molecular flexibility index (Phi) is 4.56. The van der Waals surface area contributed by atoms with Crippen LogP contribution in [0.15, 0.2) is 42.5 Å². The molecule has 3 atom stereocenters. The van der Waals surface area contributed by atoms with Crippen molar-refractivity contribution in [2.24, 2.45) is 11.8 Å². The quantitative estimate of drug-likeness (QED) is 0.871. The van der Waals surface area contributed by atoms with Gasteiger partial charge in [-0.1, -0.05) is 42.8 Å². The zero-order valence-corrected chi connectivity index (χ0v) is 14.9. The number of rotatable bonds is 4. The summed E-state index contributed by atoms with van der Waals surface area (Å²) in [5.41, 5.74) is 0.817. The van der Waals surface area contributed by atoms with Crippen molar-refractivity contribution in [1.82, 2.24) is 5.32 Å². The number of hydrogen-bond donors (Lipinski definition) is 2. The standard InChI is InChI=1S/C21H22N2O4/c24-19-11-14(20(25)22-17-9-4-8-16(17)21(26)27)12-23(19)18-10-3-6-13-5-1-2-7-15(13)18/h1-3,5-7,10,14,16-17H,4,8-9,11-12H2,(H,22,25)(H,26,27)/t14?,16-,17+/m1/s1. The fourth-order valence-electron chi connectivity index (χ4n) is 4.29. The Morgan fingerprint density at radius 3 is 2.67 bits per heavy atom. The van der Waals surface area contributed by atoms with Crippen LogP contribution in [-0.2, 0) is 14.4 Å². The van der Waals surface area contributed by atoms with Crippen LogP contribution in [0.4, 0.5) is 5.69 Å². The number of aliphatic carboxylic acids is 1.